The van der Waals surface area contributed by atoms with Crippen LogP contribution in [0, 0.1) is 5.82 Å². The minimum atomic E-state index is -3.31. The zero-order chi connectivity index (χ0) is 26.7. The van der Waals surface area contributed by atoms with Crippen LogP contribution in [-0.2, 0) is 26.4 Å². The third-order valence-corrected chi connectivity index (χ3v) is 13.6. The molecular weight excluding hydrogens is 549 g/mol. The maximum Gasteiger partial charge on any atom is 0.309 e. The largest absolute Gasteiger partial charge is 0.598 e. The highest BCUT2D eigenvalue weighted by atomic mass is 79.9. The summed E-state index contributed by atoms with van der Waals surface area (Å²) in [6.45, 7) is 15.5. The lowest BCUT2D eigenvalue weighted by Gasteiger charge is -2.38. The highest BCUT2D eigenvalue weighted by Crippen LogP contribution is 2.37. The summed E-state index contributed by atoms with van der Waals surface area (Å²) >= 11 is 1.21. The van der Waals surface area contributed by atoms with E-state index in [9.17, 15) is 18.1 Å². The van der Waals surface area contributed by atoms with Crippen molar-refractivity contribution in [1.82, 2.24) is 9.71 Å². The van der Waals surface area contributed by atoms with E-state index in [4.69, 9.17) is 4.74 Å². The van der Waals surface area contributed by atoms with Crippen molar-refractivity contribution in [3.8, 4) is 0 Å². The second kappa shape index (κ2) is 11.6. The van der Waals surface area contributed by atoms with Crippen LogP contribution in [0.25, 0.3) is 0 Å². The molecule has 0 aliphatic carbocycles. The molecule has 0 bridgehead atoms. The Kier molecular flexibility index (Phi) is 10.7. The van der Waals surface area contributed by atoms with E-state index in [0.29, 0.717) is 23.3 Å². The fraction of sp³-hybridized carbons (Fsp3) is 0.739. The number of nitrogens with zero attached hydrogens (tertiary/aromatic N) is 1. The van der Waals surface area contributed by atoms with Crippen molar-refractivity contribution in [2.24, 2.45) is 0 Å². The lowest BCUT2D eigenvalue weighted by molar-refractivity contribution is -0.158. The number of ether oxygens (including phenoxy) is 1. The van der Waals surface area contributed by atoms with Gasteiger partial charge in [0, 0.05) is 11.4 Å². The van der Waals surface area contributed by atoms with Crippen LogP contribution in [0.5, 0.6) is 0 Å². The van der Waals surface area contributed by atoms with Gasteiger partial charge >= 0.3 is 5.97 Å². The number of rotatable bonds is 10. The van der Waals surface area contributed by atoms with E-state index in [1.807, 2.05) is 20.8 Å². The molecule has 2 atom stereocenters. The molecule has 1 aromatic rings. The summed E-state index contributed by atoms with van der Waals surface area (Å²) in [5.74, 6) is -1.85. The van der Waals surface area contributed by atoms with Gasteiger partial charge in [-0.25, -0.2) is 18.2 Å². The number of pyridine rings is 1. The Balaban J connectivity index is 3.93. The van der Waals surface area contributed by atoms with Gasteiger partial charge in [0.25, 0.3) is 6.43 Å². The molecule has 0 saturated carbocycles. The molecule has 0 aliphatic rings. The summed E-state index contributed by atoms with van der Waals surface area (Å²) in [5, 5.41) is 0.370. The minimum Gasteiger partial charge on any atom is -0.598 e. The van der Waals surface area contributed by atoms with Crippen LogP contribution in [0.4, 0.5) is 13.2 Å². The van der Waals surface area contributed by atoms with Crippen molar-refractivity contribution in [3.05, 3.63) is 22.2 Å². The van der Waals surface area contributed by atoms with Crippen molar-refractivity contribution in [2.45, 2.75) is 109 Å². The van der Waals surface area contributed by atoms with Gasteiger partial charge in [-0.05, 0) is 68.7 Å². The van der Waals surface area contributed by atoms with Crippen LogP contribution >= 0.6 is 15.9 Å². The summed E-state index contributed by atoms with van der Waals surface area (Å²) in [7, 11) is -2.38. The molecule has 0 aliphatic heterocycles. The van der Waals surface area contributed by atoms with Gasteiger partial charge in [-0.3, -0.25) is 4.79 Å². The Hall–Kier alpha value is -0.623. The van der Waals surface area contributed by atoms with Crippen molar-refractivity contribution >= 4 is 46.5 Å². The van der Waals surface area contributed by atoms with Gasteiger partial charge in [0.15, 0.2) is 5.54 Å². The average Bonchev–Trinajstić information content (AvgIpc) is 2.68. The number of alkyl halides is 2. The van der Waals surface area contributed by atoms with Crippen LogP contribution in [0.2, 0.25) is 18.1 Å². The lowest BCUT2D eigenvalue weighted by Crippen LogP contribution is -2.58. The van der Waals surface area contributed by atoms with E-state index < -0.39 is 65.6 Å². The summed E-state index contributed by atoms with van der Waals surface area (Å²) in [6.07, 6.45) is -4.25. The standard InChI is InChI=1S/C23H38BrF3N2O3SSi/c1-10-34(11-2,12-3)15-13-16(24)28-19(18(15)25)23(20(26)27,29-33(31)22(7,8)9)14-17(30)32-21(4,5)6/h13,20,29H,10-12,14H2,1-9H3/t23-,33?/m1/s1. The highest BCUT2D eigenvalue weighted by molar-refractivity contribution is 9.10. The second-order valence-corrected chi connectivity index (χ2v) is 18.5. The monoisotopic (exact) mass is 586 g/mol. The number of carbonyl (C=O) groups is 1. The molecule has 1 heterocycles. The first-order valence-electron chi connectivity index (χ1n) is 11.5. The number of esters is 1. The maximum absolute atomic E-state index is 16.2. The Morgan fingerprint density at radius 2 is 1.68 bits per heavy atom. The Morgan fingerprint density at radius 1 is 1.18 bits per heavy atom. The second-order valence-electron chi connectivity index (χ2n) is 10.5. The predicted octanol–water partition coefficient (Wildman–Crippen LogP) is 5.94. The van der Waals surface area contributed by atoms with Crippen LogP contribution in [0.3, 0.4) is 0 Å². The first-order chi connectivity index (χ1) is 15.4. The molecule has 0 spiro atoms. The molecule has 1 aromatic heterocycles. The summed E-state index contributed by atoms with van der Waals surface area (Å²) in [5.41, 5.74) is -4.22. The van der Waals surface area contributed by atoms with E-state index in [-0.39, 0.29) is 4.60 Å². The highest BCUT2D eigenvalue weighted by Gasteiger charge is 2.54. The maximum atomic E-state index is 16.2. The van der Waals surface area contributed by atoms with Gasteiger partial charge in [-0.2, -0.15) is 0 Å². The third kappa shape index (κ3) is 7.21. The molecule has 0 radical (unpaired) electrons. The predicted molar refractivity (Wildman–Crippen MR) is 138 cm³/mol. The number of hydrogen-bond acceptors (Lipinski definition) is 5. The molecule has 0 amide bonds. The first kappa shape index (κ1) is 31.4. The molecule has 1 rings (SSSR count). The van der Waals surface area contributed by atoms with Gasteiger partial charge in [0.05, 0.1) is 14.5 Å². The smallest absolute Gasteiger partial charge is 0.309 e. The van der Waals surface area contributed by atoms with E-state index in [2.05, 4.69) is 25.6 Å². The fourth-order valence-corrected chi connectivity index (χ4v) is 9.00. The van der Waals surface area contributed by atoms with Crippen LogP contribution in [-0.4, -0.2) is 40.4 Å². The molecule has 0 saturated heterocycles. The number of aromatic nitrogens is 1. The molecule has 0 fully saturated rings. The molecule has 196 valence electrons. The summed E-state index contributed by atoms with van der Waals surface area (Å²) in [4.78, 5) is 16.9. The molecular formula is C23H38BrF3N2O3SSi. The van der Waals surface area contributed by atoms with Crippen LogP contribution in [0.1, 0.15) is 74.4 Å². The Morgan fingerprint density at radius 3 is 2.06 bits per heavy atom. The molecule has 34 heavy (non-hydrogen) atoms. The van der Waals surface area contributed by atoms with E-state index in [1.54, 1.807) is 47.6 Å². The summed E-state index contributed by atoms with van der Waals surface area (Å²) in [6, 6.07) is 3.69. The summed E-state index contributed by atoms with van der Waals surface area (Å²) < 4.78 is 66.1. The quantitative estimate of drug-likeness (QED) is 0.159. The van der Waals surface area contributed by atoms with Gasteiger partial charge in [-0.1, -0.05) is 38.9 Å². The van der Waals surface area contributed by atoms with Gasteiger partial charge < -0.3 is 9.29 Å². The van der Waals surface area contributed by atoms with Gasteiger partial charge in [-0.15, -0.1) is 4.72 Å². The zero-order valence-electron chi connectivity index (χ0n) is 21.6. The molecule has 1 unspecified atom stereocenters. The SMILES string of the molecule is CC[Si](CC)(CC)c1cc(Br)nc([C@@](CC(=O)OC(C)(C)C)(N[S+]([O-])C(C)(C)C)C(F)F)c1F. The topological polar surface area (TPSA) is 74.3 Å². The molecule has 11 heteroatoms. The Bertz CT molecular complexity index is 853. The Labute approximate surface area is 214 Å². The third-order valence-electron chi connectivity index (χ3n) is 6.00. The van der Waals surface area contributed by atoms with Crippen molar-refractivity contribution in [1.29, 1.82) is 0 Å². The van der Waals surface area contributed by atoms with E-state index in [1.165, 1.54) is 0 Å². The minimum absolute atomic E-state index is 0.184. The number of hydrogen-bond donors (Lipinski definition) is 1. The average molecular weight is 588 g/mol. The number of nitrogens with one attached hydrogen (secondary N) is 1. The fourth-order valence-electron chi connectivity index (χ4n) is 3.82. The van der Waals surface area contributed by atoms with Crippen LogP contribution < -0.4 is 9.91 Å². The van der Waals surface area contributed by atoms with Crippen molar-refractivity contribution < 1.29 is 27.3 Å². The lowest BCUT2D eigenvalue weighted by atomic mass is 9.91. The van der Waals surface area contributed by atoms with Crippen molar-refractivity contribution in [3.63, 3.8) is 0 Å². The van der Waals surface area contributed by atoms with Crippen molar-refractivity contribution in [2.75, 3.05) is 0 Å². The molecule has 5 nitrogen and oxygen atoms in total. The van der Waals surface area contributed by atoms with E-state index in [0.717, 1.165) is 0 Å². The van der Waals surface area contributed by atoms with Gasteiger partial charge in [0.1, 0.15) is 26.5 Å². The zero-order valence-corrected chi connectivity index (χ0v) is 25.0. The number of halogens is 4. The normalized spacial score (nSPS) is 15.9. The van der Waals surface area contributed by atoms with Crippen LogP contribution in [0.15, 0.2) is 10.7 Å². The molecule has 1 N–H and O–H groups in total. The number of carbonyl (C=O) groups excluding carboxylic acids is 1. The van der Waals surface area contributed by atoms with Gasteiger partial charge in [0.2, 0.25) is 0 Å². The molecule has 0 aromatic carbocycles. The first-order valence-corrected chi connectivity index (χ1v) is 16.0. The van der Waals surface area contributed by atoms with E-state index >= 15 is 4.39 Å².